The first-order valence-electron chi connectivity index (χ1n) is 9.68. The maximum atomic E-state index is 12.8. The molecule has 1 aliphatic carbocycles. The van der Waals surface area contributed by atoms with Gasteiger partial charge in [0, 0.05) is 18.4 Å². The zero-order valence-corrected chi connectivity index (χ0v) is 15.5. The molecule has 28 heavy (non-hydrogen) atoms. The van der Waals surface area contributed by atoms with E-state index in [1.165, 1.54) is 12.1 Å². The van der Waals surface area contributed by atoms with E-state index >= 15 is 0 Å². The van der Waals surface area contributed by atoms with Gasteiger partial charge in [0.2, 0.25) is 0 Å². The van der Waals surface area contributed by atoms with Gasteiger partial charge in [0.15, 0.2) is 17.1 Å². The van der Waals surface area contributed by atoms with E-state index in [2.05, 4.69) is 9.89 Å². The van der Waals surface area contributed by atoms with E-state index in [0.29, 0.717) is 30.9 Å². The molecule has 0 bridgehead atoms. The maximum absolute atomic E-state index is 12.8. The zero-order chi connectivity index (χ0) is 19.6. The van der Waals surface area contributed by atoms with Crippen LogP contribution >= 0.6 is 0 Å². The fraction of sp³-hybridized carbons (Fsp3) is 0.600. The molecular weight excluding hydrogens is 372 g/mol. The van der Waals surface area contributed by atoms with Gasteiger partial charge in [-0.2, -0.15) is 8.78 Å². The van der Waals surface area contributed by atoms with Gasteiger partial charge < -0.3 is 19.0 Å². The van der Waals surface area contributed by atoms with Crippen molar-refractivity contribution in [1.82, 2.24) is 0 Å². The van der Waals surface area contributed by atoms with E-state index in [4.69, 9.17) is 14.3 Å². The van der Waals surface area contributed by atoms with E-state index in [0.717, 1.165) is 38.5 Å². The summed E-state index contributed by atoms with van der Waals surface area (Å²) < 4.78 is 41.0. The second-order valence-corrected chi connectivity index (χ2v) is 7.59. The van der Waals surface area contributed by atoms with Crippen molar-refractivity contribution in [3.8, 4) is 11.5 Å². The van der Waals surface area contributed by atoms with Crippen LogP contribution in [0.2, 0.25) is 0 Å². The monoisotopic (exact) mass is 395 g/mol. The molecule has 2 fully saturated rings. The molecule has 2 aliphatic heterocycles. The maximum Gasteiger partial charge on any atom is 0.387 e. The molecule has 0 aromatic heterocycles. The van der Waals surface area contributed by atoms with Crippen molar-refractivity contribution in [2.45, 2.75) is 57.2 Å². The second kappa shape index (κ2) is 8.03. The third-order valence-corrected chi connectivity index (χ3v) is 5.55. The summed E-state index contributed by atoms with van der Waals surface area (Å²) in [5.41, 5.74) is 0.868. The number of nitrogens with zero attached hydrogens (tertiary/aromatic N) is 1. The molecule has 152 valence electrons. The summed E-state index contributed by atoms with van der Waals surface area (Å²) in [5.74, 6) is -0.787. The lowest BCUT2D eigenvalue weighted by atomic mass is 9.89. The SMILES string of the molecule is O=C(Oc1cc(C2=NOC3(CCOC3)C2)ccc1OC(F)F)C1CCCCC1. The summed E-state index contributed by atoms with van der Waals surface area (Å²) in [6.45, 7) is -1.92. The molecule has 1 saturated heterocycles. The molecule has 0 N–H and O–H groups in total. The van der Waals surface area contributed by atoms with Crippen LogP contribution in [-0.2, 0) is 14.4 Å². The molecule has 1 aromatic rings. The molecule has 1 aromatic carbocycles. The van der Waals surface area contributed by atoms with Crippen molar-refractivity contribution in [1.29, 1.82) is 0 Å². The number of carbonyl (C=O) groups is 1. The Bertz CT molecular complexity index is 755. The number of halogens is 2. The minimum absolute atomic E-state index is 0.0142. The molecule has 1 spiro atoms. The van der Waals surface area contributed by atoms with Crippen molar-refractivity contribution >= 4 is 11.7 Å². The van der Waals surface area contributed by atoms with Crippen LogP contribution in [0.3, 0.4) is 0 Å². The van der Waals surface area contributed by atoms with Crippen molar-refractivity contribution in [3.63, 3.8) is 0 Å². The number of ether oxygens (including phenoxy) is 3. The van der Waals surface area contributed by atoms with Crippen LogP contribution in [0, 0.1) is 5.92 Å². The fourth-order valence-electron chi connectivity index (χ4n) is 3.97. The Kier molecular flexibility index (Phi) is 5.48. The average molecular weight is 395 g/mol. The lowest BCUT2D eigenvalue weighted by Gasteiger charge is -2.21. The molecule has 1 atom stereocenters. The van der Waals surface area contributed by atoms with Gasteiger partial charge in [-0.1, -0.05) is 24.4 Å². The normalized spacial score (nSPS) is 25.0. The van der Waals surface area contributed by atoms with Crippen LogP contribution in [0.25, 0.3) is 0 Å². The minimum atomic E-state index is -3.01. The van der Waals surface area contributed by atoms with Gasteiger partial charge >= 0.3 is 12.6 Å². The highest BCUT2D eigenvalue weighted by Crippen LogP contribution is 2.37. The Morgan fingerprint density at radius 1 is 1.21 bits per heavy atom. The number of hydrogen-bond acceptors (Lipinski definition) is 6. The minimum Gasteiger partial charge on any atom is -0.431 e. The van der Waals surface area contributed by atoms with E-state index in [1.807, 2.05) is 0 Å². The third kappa shape index (κ3) is 4.11. The number of benzene rings is 1. The lowest BCUT2D eigenvalue weighted by molar-refractivity contribution is -0.140. The quantitative estimate of drug-likeness (QED) is 0.556. The van der Waals surface area contributed by atoms with Gasteiger partial charge in [-0.05, 0) is 31.0 Å². The largest absolute Gasteiger partial charge is 0.431 e. The Balaban J connectivity index is 1.54. The smallest absolute Gasteiger partial charge is 0.387 e. The summed E-state index contributed by atoms with van der Waals surface area (Å²) in [6, 6.07) is 4.52. The van der Waals surface area contributed by atoms with Crippen LogP contribution < -0.4 is 9.47 Å². The first-order chi connectivity index (χ1) is 13.5. The molecule has 0 amide bonds. The van der Waals surface area contributed by atoms with Gasteiger partial charge in [0.25, 0.3) is 0 Å². The van der Waals surface area contributed by atoms with Crippen LogP contribution in [0.1, 0.15) is 50.5 Å². The van der Waals surface area contributed by atoms with Crippen LogP contribution in [0.4, 0.5) is 8.78 Å². The van der Waals surface area contributed by atoms with Crippen molar-refractivity contribution in [2.24, 2.45) is 11.1 Å². The summed E-state index contributed by atoms with van der Waals surface area (Å²) in [4.78, 5) is 18.1. The van der Waals surface area contributed by atoms with Crippen LogP contribution in [-0.4, -0.2) is 37.1 Å². The Morgan fingerprint density at radius 2 is 2.04 bits per heavy atom. The Morgan fingerprint density at radius 3 is 2.75 bits per heavy atom. The molecule has 1 unspecified atom stereocenters. The van der Waals surface area contributed by atoms with E-state index in [1.54, 1.807) is 6.07 Å². The van der Waals surface area contributed by atoms with Crippen molar-refractivity contribution < 1.29 is 32.6 Å². The highest BCUT2D eigenvalue weighted by Gasteiger charge is 2.43. The summed E-state index contributed by atoms with van der Waals surface area (Å²) >= 11 is 0. The summed E-state index contributed by atoms with van der Waals surface area (Å²) in [5, 5.41) is 4.15. The number of carbonyl (C=O) groups excluding carboxylic acids is 1. The number of esters is 1. The lowest BCUT2D eigenvalue weighted by Crippen LogP contribution is -2.29. The van der Waals surface area contributed by atoms with E-state index < -0.39 is 18.2 Å². The third-order valence-electron chi connectivity index (χ3n) is 5.55. The van der Waals surface area contributed by atoms with Crippen LogP contribution in [0.5, 0.6) is 11.5 Å². The molecule has 1 saturated carbocycles. The molecule has 0 radical (unpaired) electrons. The highest BCUT2D eigenvalue weighted by atomic mass is 19.3. The average Bonchev–Trinajstić information content (AvgIpc) is 3.33. The van der Waals surface area contributed by atoms with Gasteiger partial charge in [0.05, 0.1) is 24.8 Å². The molecule has 4 rings (SSSR count). The first-order valence-corrected chi connectivity index (χ1v) is 9.68. The topological polar surface area (TPSA) is 66.4 Å². The van der Waals surface area contributed by atoms with Crippen molar-refractivity contribution in [2.75, 3.05) is 13.2 Å². The van der Waals surface area contributed by atoms with Gasteiger partial charge in [-0.3, -0.25) is 4.79 Å². The zero-order valence-electron chi connectivity index (χ0n) is 15.5. The standard InChI is InChI=1S/C20H23F2NO5/c21-19(22)27-16-7-6-14(15-11-20(28-23-15)8-9-25-12-20)10-17(16)26-18(24)13-4-2-1-3-5-13/h6-7,10,13,19H,1-5,8-9,11-12H2. The molecule has 3 aliphatic rings. The first kappa shape index (κ1) is 19.1. The predicted molar refractivity (Wildman–Crippen MR) is 95.7 cm³/mol. The van der Waals surface area contributed by atoms with Gasteiger partial charge in [-0.15, -0.1) is 0 Å². The molecule has 2 heterocycles. The molecule has 8 heteroatoms. The van der Waals surface area contributed by atoms with Crippen LogP contribution in [0.15, 0.2) is 23.4 Å². The Hall–Kier alpha value is -2.22. The fourth-order valence-corrected chi connectivity index (χ4v) is 3.97. The summed E-state index contributed by atoms with van der Waals surface area (Å²) in [7, 11) is 0. The van der Waals surface area contributed by atoms with E-state index in [-0.39, 0.29) is 17.4 Å². The van der Waals surface area contributed by atoms with Gasteiger partial charge in [-0.25, -0.2) is 0 Å². The number of hydrogen-bond donors (Lipinski definition) is 0. The highest BCUT2D eigenvalue weighted by molar-refractivity contribution is 6.02. The van der Waals surface area contributed by atoms with Crippen molar-refractivity contribution in [3.05, 3.63) is 23.8 Å². The molecule has 6 nitrogen and oxygen atoms in total. The van der Waals surface area contributed by atoms with E-state index in [9.17, 15) is 13.6 Å². The second-order valence-electron chi connectivity index (χ2n) is 7.59. The number of rotatable bonds is 5. The predicted octanol–water partition coefficient (Wildman–Crippen LogP) is 4.06. The molecular formula is C20H23F2NO5. The number of alkyl halides is 2. The number of oxime groups is 1. The van der Waals surface area contributed by atoms with Gasteiger partial charge in [0.1, 0.15) is 0 Å². The summed E-state index contributed by atoms with van der Waals surface area (Å²) in [6.07, 6.45) is 5.86. The Labute approximate surface area is 161 Å².